The van der Waals surface area contributed by atoms with Gasteiger partial charge in [0.1, 0.15) is 24.2 Å². The molecule has 14 atom stereocenters. The van der Waals surface area contributed by atoms with E-state index in [9.17, 15) is 40.2 Å². The molecule has 4 aliphatic heterocycles. The zero-order valence-electron chi connectivity index (χ0n) is 26.9. The second kappa shape index (κ2) is 17.7. The number of aliphatic hydroxyl groups excluding tert-OH is 4. The maximum absolute atomic E-state index is 12.3. The average molecular weight is 684 g/mol. The van der Waals surface area contributed by atoms with Crippen molar-refractivity contribution in [3.05, 3.63) is 60.8 Å². The van der Waals surface area contributed by atoms with Crippen molar-refractivity contribution in [2.24, 2.45) is 11.7 Å². The first kappa shape index (κ1) is 39.6. The highest BCUT2D eigenvalue weighted by atomic mass is 16.7. The molecule has 2 bridgehead atoms. The van der Waals surface area contributed by atoms with Gasteiger partial charge in [0.05, 0.1) is 48.8 Å². The number of cyclic esters (lactones) is 1. The van der Waals surface area contributed by atoms with Crippen molar-refractivity contribution in [3.63, 3.8) is 0 Å². The van der Waals surface area contributed by atoms with E-state index in [4.69, 9.17) is 29.4 Å². The summed E-state index contributed by atoms with van der Waals surface area (Å²) in [7, 11) is 0. The summed E-state index contributed by atoms with van der Waals surface area (Å²) in [5.74, 6) is -5.45. The van der Waals surface area contributed by atoms with E-state index in [1.807, 2.05) is 6.08 Å². The lowest BCUT2D eigenvalue weighted by Gasteiger charge is -2.45. The van der Waals surface area contributed by atoms with Crippen LogP contribution in [0.1, 0.15) is 46.0 Å². The third kappa shape index (κ3) is 11.1. The summed E-state index contributed by atoms with van der Waals surface area (Å²) in [6.07, 6.45) is 5.25. The second-order valence-corrected chi connectivity index (χ2v) is 12.6. The van der Waals surface area contributed by atoms with Gasteiger partial charge in [0.25, 0.3) is 0 Å². The van der Waals surface area contributed by atoms with Gasteiger partial charge < -0.3 is 65.5 Å². The van der Waals surface area contributed by atoms with Crippen LogP contribution in [-0.2, 0) is 33.3 Å². The zero-order valence-corrected chi connectivity index (χ0v) is 26.9. The van der Waals surface area contributed by atoms with Crippen LogP contribution in [0.2, 0.25) is 0 Å². The molecule has 0 aliphatic carbocycles. The van der Waals surface area contributed by atoms with Crippen LogP contribution in [0.4, 0.5) is 0 Å². The maximum atomic E-state index is 12.3. The molecule has 3 fully saturated rings. The molecule has 4 rings (SSSR count). The number of aliphatic hydroxyl groups is 5. The molecule has 0 aromatic heterocycles. The molecule has 15 heteroatoms. The Morgan fingerprint density at radius 2 is 1.62 bits per heavy atom. The van der Waals surface area contributed by atoms with Crippen LogP contribution in [0.25, 0.3) is 0 Å². The fourth-order valence-electron chi connectivity index (χ4n) is 6.00. The molecule has 15 nitrogen and oxygen atoms in total. The van der Waals surface area contributed by atoms with Gasteiger partial charge >= 0.3 is 11.9 Å². The summed E-state index contributed by atoms with van der Waals surface area (Å²) in [5.41, 5.74) is 5.98. The second-order valence-electron chi connectivity index (χ2n) is 12.6. The van der Waals surface area contributed by atoms with Gasteiger partial charge in [-0.05, 0) is 19.9 Å². The number of esters is 1. The Morgan fingerprint density at radius 3 is 2.33 bits per heavy atom. The maximum Gasteiger partial charge on any atom is 0.330 e. The third-order valence-electron chi connectivity index (χ3n) is 8.58. The van der Waals surface area contributed by atoms with E-state index in [1.165, 1.54) is 12.2 Å². The van der Waals surface area contributed by atoms with Crippen molar-refractivity contribution >= 4 is 11.9 Å². The highest BCUT2D eigenvalue weighted by Gasteiger charge is 2.51. The van der Waals surface area contributed by atoms with Gasteiger partial charge in [-0.25, -0.2) is 4.79 Å². The summed E-state index contributed by atoms with van der Waals surface area (Å²) in [6.45, 7) is 3.34. The van der Waals surface area contributed by atoms with Crippen LogP contribution in [0, 0.1) is 5.92 Å². The Morgan fingerprint density at radius 1 is 0.938 bits per heavy atom. The molecule has 0 spiro atoms. The molecule has 48 heavy (non-hydrogen) atoms. The van der Waals surface area contributed by atoms with E-state index in [0.717, 1.165) is 0 Å². The molecular formula is C33H49NO14. The minimum Gasteiger partial charge on any atom is -0.481 e. The Bertz CT molecular complexity index is 1220. The van der Waals surface area contributed by atoms with E-state index in [0.29, 0.717) is 6.42 Å². The molecule has 0 aromatic carbocycles. The van der Waals surface area contributed by atoms with Crippen molar-refractivity contribution < 1.29 is 69.4 Å². The number of hydrogen-bond donors (Lipinski definition) is 7. The zero-order chi connectivity index (χ0) is 34.3. The van der Waals surface area contributed by atoms with E-state index in [2.05, 4.69) is 0 Å². The summed E-state index contributed by atoms with van der Waals surface area (Å²) < 4.78 is 28.5. The lowest BCUT2D eigenvalue weighted by molar-refractivity contribution is -0.308. The summed E-state index contributed by atoms with van der Waals surface area (Å²) in [5, 5.41) is 63.9. The fourth-order valence-corrected chi connectivity index (χ4v) is 6.00. The first-order valence-corrected chi connectivity index (χ1v) is 15.9. The van der Waals surface area contributed by atoms with Crippen molar-refractivity contribution in [3.8, 4) is 0 Å². The average Bonchev–Trinajstić information content (AvgIpc) is 3.72. The number of allylic oxidation sites excluding steroid dienone is 6. The van der Waals surface area contributed by atoms with Crippen LogP contribution in [0.5, 0.6) is 0 Å². The van der Waals surface area contributed by atoms with Crippen LogP contribution >= 0.6 is 0 Å². The van der Waals surface area contributed by atoms with E-state index >= 15 is 0 Å². The van der Waals surface area contributed by atoms with Gasteiger partial charge in [0, 0.05) is 38.2 Å². The normalized spacial score (nSPS) is 46.2. The monoisotopic (exact) mass is 683 g/mol. The third-order valence-corrected chi connectivity index (χ3v) is 8.58. The molecule has 0 amide bonds. The smallest absolute Gasteiger partial charge is 0.330 e. The van der Waals surface area contributed by atoms with Crippen LogP contribution in [-0.4, -0.2) is 127 Å². The standard InChI is InChI=1S/C33H47NO13.H2O/c1-18-10-8-6-4-3-5-7-9-11-21(45-32-30(39)28(34)29(38)19(2)44-32)15-25-27(31(40)41)22(36)17-33(42,47-25)16-20(35)14-24-23(46-24)12-13-26(37)43-18;/h3-9,11-13,18-25,27-30,32,35-36,38-39,42H,10,14-17,34H2,1-2H3,(H,40,41);1H2/b4-3+,7-5+,8-6+,11-9+,13-12+;/t18-,19-,20+,21+,22+,23-,24-,25+,27-,28+,29-,30+,32+,33-;/m1./s1. The van der Waals surface area contributed by atoms with Gasteiger partial charge in [0.15, 0.2) is 12.1 Å². The number of hydrogen-bond acceptors (Lipinski definition) is 13. The SMILES string of the molecule is C[C@@H]1C/C=C/C=C/C=C/C=C/[C@H](O[C@@H]2O[C@H](C)[C@@H](O)[C@H](N)[C@@H]2O)C[C@@H]2O[C@](O)(C[C@@H](O)C[C@H]3O[C@@H]3/C=C/C(=O)O1)C[C@H](O)[C@H]2C(=O)O.O. The first-order chi connectivity index (χ1) is 22.3. The van der Waals surface area contributed by atoms with Gasteiger partial charge in [-0.15, -0.1) is 0 Å². The molecule has 0 saturated carbocycles. The molecular weight excluding hydrogens is 634 g/mol. The lowest BCUT2D eigenvalue weighted by atomic mass is 9.83. The van der Waals surface area contributed by atoms with Crippen LogP contribution in [0.15, 0.2) is 60.8 Å². The molecule has 3 saturated heterocycles. The van der Waals surface area contributed by atoms with Gasteiger partial charge in [-0.1, -0.05) is 48.6 Å². The van der Waals surface area contributed by atoms with Crippen molar-refractivity contribution in [1.82, 2.24) is 0 Å². The number of ether oxygens (including phenoxy) is 5. The van der Waals surface area contributed by atoms with Crippen LogP contribution in [0.3, 0.4) is 0 Å². The molecule has 270 valence electrons. The summed E-state index contributed by atoms with van der Waals surface area (Å²) in [4.78, 5) is 24.4. The van der Waals surface area contributed by atoms with Crippen molar-refractivity contribution in [2.45, 2.75) is 125 Å². The topological polar surface area (TPSA) is 262 Å². The van der Waals surface area contributed by atoms with Gasteiger partial charge in [-0.2, -0.15) is 0 Å². The predicted octanol–water partition coefficient (Wildman–Crippen LogP) is -0.705. The number of fused-ring (bicyclic) bond motifs is 3. The summed E-state index contributed by atoms with van der Waals surface area (Å²) in [6, 6.07) is -1.08. The lowest BCUT2D eigenvalue weighted by Crippen LogP contribution is -2.61. The Balaban J connectivity index is 0.00000625. The molecule has 4 aliphatic rings. The molecule has 0 radical (unpaired) electrons. The molecule has 0 aromatic rings. The number of nitrogens with two attached hydrogens (primary N) is 1. The van der Waals surface area contributed by atoms with Crippen molar-refractivity contribution in [2.75, 3.05) is 0 Å². The van der Waals surface area contributed by atoms with Gasteiger partial charge in [0.2, 0.25) is 0 Å². The number of rotatable bonds is 3. The Labute approximate surface area is 278 Å². The highest BCUT2D eigenvalue weighted by Crippen LogP contribution is 2.39. The van der Waals surface area contributed by atoms with E-state index < -0.39 is 97.3 Å². The number of epoxide rings is 1. The Hall–Kier alpha value is -2.80. The molecule has 0 unspecified atom stereocenters. The van der Waals surface area contributed by atoms with Gasteiger partial charge in [-0.3, -0.25) is 4.79 Å². The largest absolute Gasteiger partial charge is 0.481 e. The highest BCUT2D eigenvalue weighted by molar-refractivity contribution is 5.82. The number of carbonyl (C=O) groups excluding carboxylic acids is 1. The minimum absolute atomic E-state index is 0. The van der Waals surface area contributed by atoms with Crippen molar-refractivity contribution in [1.29, 1.82) is 0 Å². The van der Waals surface area contributed by atoms with E-state index in [1.54, 1.807) is 56.4 Å². The first-order valence-electron chi connectivity index (χ1n) is 15.9. The minimum atomic E-state index is -2.10. The van der Waals surface area contributed by atoms with E-state index in [-0.39, 0.29) is 30.8 Å². The summed E-state index contributed by atoms with van der Waals surface area (Å²) >= 11 is 0. The fraction of sp³-hybridized carbons (Fsp3) is 0.636. The molecule has 10 N–H and O–H groups in total. The number of carbonyl (C=O) groups is 2. The van der Waals surface area contributed by atoms with Crippen LogP contribution < -0.4 is 5.73 Å². The number of aliphatic carboxylic acids is 1. The quantitative estimate of drug-likeness (QED) is 0.143. The number of carboxylic acids is 1. The molecule has 4 heterocycles. The predicted molar refractivity (Wildman–Crippen MR) is 169 cm³/mol. The Kier molecular flexibility index (Phi) is 14.6. The number of carboxylic acid groups (broad SMARTS) is 1.